The van der Waals surface area contributed by atoms with Crippen molar-refractivity contribution in [3.8, 4) is 11.5 Å². The highest BCUT2D eigenvalue weighted by molar-refractivity contribution is 6.32. The molecule has 3 nitrogen and oxygen atoms in total. The van der Waals surface area contributed by atoms with Crippen molar-refractivity contribution in [2.24, 2.45) is 0 Å². The molecule has 4 heteroatoms. The molecule has 0 spiro atoms. The molecule has 2 aromatic carbocycles. The fourth-order valence-corrected chi connectivity index (χ4v) is 2.08. The van der Waals surface area contributed by atoms with Crippen molar-refractivity contribution in [3.05, 3.63) is 64.2 Å². The second-order valence-electron chi connectivity index (χ2n) is 4.73. The number of benzene rings is 2. The number of hydrogen-bond acceptors (Lipinski definition) is 2. The van der Waals surface area contributed by atoms with Crippen molar-refractivity contribution in [2.45, 2.75) is 13.8 Å². The van der Waals surface area contributed by atoms with Crippen LogP contribution in [-0.4, -0.2) is 11.1 Å². The van der Waals surface area contributed by atoms with Crippen molar-refractivity contribution in [2.75, 3.05) is 0 Å². The summed E-state index contributed by atoms with van der Waals surface area (Å²) in [4.78, 5) is 10.6. The molecule has 2 rings (SSSR count). The molecule has 2 aromatic rings. The first-order chi connectivity index (χ1) is 9.95. The summed E-state index contributed by atoms with van der Waals surface area (Å²) in [6.45, 7) is 3.88. The zero-order chi connectivity index (χ0) is 15.4. The second kappa shape index (κ2) is 6.46. The number of rotatable bonds is 4. The van der Waals surface area contributed by atoms with Crippen LogP contribution in [0.15, 0.2) is 42.5 Å². The van der Waals surface area contributed by atoms with E-state index in [0.29, 0.717) is 16.5 Å². The molecule has 0 bridgehead atoms. The van der Waals surface area contributed by atoms with Crippen LogP contribution in [-0.2, 0) is 4.79 Å². The molecule has 0 aliphatic heterocycles. The molecule has 0 aliphatic rings. The predicted octanol–water partition coefficient (Wildman–Crippen LogP) is 4.85. The Labute approximate surface area is 128 Å². The zero-order valence-corrected chi connectivity index (χ0v) is 12.5. The molecule has 108 valence electrons. The highest BCUT2D eigenvalue weighted by atomic mass is 35.5. The van der Waals surface area contributed by atoms with Crippen molar-refractivity contribution in [1.29, 1.82) is 0 Å². The van der Waals surface area contributed by atoms with Gasteiger partial charge in [-0.25, -0.2) is 4.79 Å². The van der Waals surface area contributed by atoms with Crippen LogP contribution in [0.5, 0.6) is 11.5 Å². The van der Waals surface area contributed by atoms with E-state index in [1.807, 2.05) is 44.2 Å². The van der Waals surface area contributed by atoms with E-state index in [4.69, 9.17) is 21.4 Å². The minimum Gasteiger partial charge on any atom is -0.478 e. The van der Waals surface area contributed by atoms with E-state index in [0.717, 1.165) is 22.8 Å². The topological polar surface area (TPSA) is 46.5 Å². The molecule has 0 aliphatic carbocycles. The van der Waals surface area contributed by atoms with Crippen LogP contribution in [0.1, 0.15) is 16.7 Å². The monoisotopic (exact) mass is 302 g/mol. The molecule has 0 saturated heterocycles. The SMILES string of the molecule is Cc1ccc(Oc2cc(/C=C/C(=O)O)ccc2C)c(Cl)c1. The summed E-state index contributed by atoms with van der Waals surface area (Å²) < 4.78 is 5.83. The summed E-state index contributed by atoms with van der Waals surface area (Å²) in [6.07, 6.45) is 2.61. The summed E-state index contributed by atoms with van der Waals surface area (Å²) in [5.41, 5.74) is 2.75. The first-order valence-corrected chi connectivity index (χ1v) is 6.79. The maximum atomic E-state index is 10.6. The zero-order valence-electron chi connectivity index (χ0n) is 11.8. The van der Waals surface area contributed by atoms with Crippen LogP contribution in [0.4, 0.5) is 0 Å². The van der Waals surface area contributed by atoms with Crippen LogP contribution < -0.4 is 4.74 Å². The maximum absolute atomic E-state index is 10.6. The number of aryl methyl sites for hydroxylation is 2. The Kier molecular flexibility index (Phi) is 4.66. The lowest BCUT2D eigenvalue weighted by molar-refractivity contribution is -0.131. The first-order valence-electron chi connectivity index (χ1n) is 6.41. The molecular formula is C17H15ClO3. The third-order valence-electron chi connectivity index (χ3n) is 2.94. The summed E-state index contributed by atoms with van der Waals surface area (Å²) in [5.74, 6) is 0.234. The third-order valence-corrected chi connectivity index (χ3v) is 3.23. The largest absolute Gasteiger partial charge is 0.478 e. The van der Waals surface area contributed by atoms with Gasteiger partial charge < -0.3 is 9.84 Å². The van der Waals surface area contributed by atoms with Gasteiger partial charge in [0.15, 0.2) is 0 Å². The molecule has 0 unspecified atom stereocenters. The number of carbonyl (C=O) groups is 1. The van der Waals surface area contributed by atoms with Gasteiger partial charge in [0, 0.05) is 6.08 Å². The molecule has 0 aromatic heterocycles. The molecule has 0 fully saturated rings. The van der Waals surface area contributed by atoms with Gasteiger partial charge in [-0.1, -0.05) is 29.8 Å². The average molecular weight is 303 g/mol. The molecule has 0 heterocycles. The minimum atomic E-state index is -0.986. The van der Waals surface area contributed by atoms with Crippen LogP contribution in [0.2, 0.25) is 5.02 Å². The van der Waals surface area contributed by atoms with Gasteiger partial charge in [0.1, 0.15) is 11.5 Å². The van der Waals surface area contributed by atoms with E-state index in [9.17, 15) is 4.79 Å². The average Bonchev–Trinajstić information content (AvgIpc) is 2.42. The number of carboxylic acids is 1. The molecular weight excluding hydrogens is 288 g/mol. The van der Waals surface area contributed by atoms with E-state index in [2.05, 4.69) is 0 Å². The second-order valence-corrected chi connectivity index (χ2v) is 5.14. The van der Waals surface area contributed by atoms with Gasteiger partial charge in [-0.05, 0) is 54.8 Å². The molecule has 0 atom stereocenters. The molecule has 0 amide bonds. The Morgan fingerprint density at radius 1 is 1.14 bits per heavy atom. The van der Waals surface area contributed by atoms with Gasteiger partial charge in [0.2, 0.25) is 0 Å². The Hall–Kier alpha value is -2.26. The summed E-state index contributed by atoms with van der Waals surface area (Å²) >= 11 is 6.16. The lowest BCUT2D eigenvalue weighted by atomic mass is 10.1. The first kappa shape index (κ1) is 15.1. The number of ether oxygens (including phenoxy) is 1. The highest BCUT2D eigenvalue weighted by Gasteiger charge is 2.06. The quantitative estimate of drug-likeness (QED) is 0.821. The van der Waals surface area contributed by atoms with E-state index in [1.165, 1.54) is 6.08 Å². The smallest absolute Gasteiger partial charge is 0.328 e. The van der Waals surface area contributed by atoms with Crippen molar-refractivity contribution in [1.82, 2.24) is 0 Å². The summed E-state index contributed by atoms with van der Waals surface area (Å²) in [7, 11) is 0. The molecule has 0 saturated carbocycles. The fourth-order valence-electron chi connectivity index (χ4n) is 1.80. The summed E-state index contributed by atoms with van der Waals surface area (Å²) in [5, 5.41) is 9.20. The van der Waals surface area contributed by atoms with E-state index in [1.54, 1.807) is 6.07 Å². The van der Waals surface area contributed by atoms with Gasteiger partial charge in [-0.2, -0.15) is 0 Å². The predicted molar refractivity (Wildman–Crippen MR) is 84.1 cm³/mol. The molecule has 21 heavy (non-hydrogen) atoms. The Morgan fingerprint density at radius 2 is 1.90 bits per heavy atom. The van der Waals surface area contributed by atoms with Gasteiger partial charge in [-0.3, -0.25) is 0 Å². The highest BCUT2D eigenvalue weighted by Crippen LogP contribution is 2.32. The van der Waals surface area contributed by atoms with Crippen LogP contribution in [0.3, 0.4) is 0 Å². The van der Waals surface area contributed by atoms with Gasteiger partial charge in [0.25, 0.3) is 0 Å². The van der Waals surface area contributed by atoms with Gasteiger partial charge in [-0.15, -0.1) is 0 Å². The number of carboxylic acid groups (broad SMARTS) is 1. The third kappa shape index (κ3) is 4.10. The fraction of sp³-hybridized carbons (Fsp3) is 0.118. The van der Waals surface area contributed by atoms with Gasteiger partial charge >= 0.3 is 5.97 Å². The number of aliphatic carboxylic acids is 1. The van der Waals surface area contributed by atoms with Crippen molar-refractivity contribution in [3.63, 3.8) is 0 Å². The van der Waals surface area contributed by atoms with Crippen LogP contribution in [0, 0.1) is 13.8 Å². The van der Waals surface area contributed by atoms with E-state index in [-0.39, 0.29) is 0 Å². The Balaban J connectivity index is 2.30. The van der Waals surface area contributed by atoms with Crippen LogP contribution >= 0.6 is 11.6 Å². The Bertz CT molecular complexity index is 705. The Morgan fingerprint density at radius 3 is 2.57 bits per heavy atom. The standard InChI is InChI=1S/C17H15ClO3/c1-11-3-7-15(14(18)9-11)21-16-10-13(5-4-12(16)2)6-8-17(19)20/h3-10H,1-2H3,(H,19,20)/b8-6+. The maximum Gasteiger partial charge on any atom is 0.328 e. The van der Waals surface area contributed by atoms with E-state index >= 15 is 0 Å². The summed E-state index contributed by atoms with van der Waals surface area (Å²) in [6, 6.07) is 11.1. The van der Waals surface area contributed by atoms with Crippen molar-refractivity contribution < 1.29 is 14.6 Å². The minimum absolute atomic E-state index is 0.542. The molecule has 1 N–H and O–H groups in total. The molecule has 0 radical (unpaired) electrons. The lowest BCUT2D eigenvalue weighted by Crippen LogP contribution is -1.90. The lowest BCUT2D eigenvalue weighted by Gasteiger charge is -2.11. The van der Waals surface area contributed by atoms with Crippen LogP contribution in [0.25, 0.3) is 6.08 Å². The normalized spacial score (nSPS) is 10.8. The number of hydrogen-bond donors (Lipinski definition) is 1. The van der Waals surface area contributed by atoms with Gasteiger partial charge in [0.05, 0.1) is 5.02 Å². The number of halogens is 1. The van der Waals surface area contributed by atoms with E-state index < -0.39 is 5.97 Å². The van der Waals surface area contributed by atoms with Crippen molar-refractivity contribution >= 4 is 23.6 Å².